The van der Waals surface area contributed by atoms with Crippen LogP contribution in [0, 0.1) is 0 Å². The SMILES string of the molecule is O=C(O)NCc1ccc(-c2ccc(Cl)cc2NC(=O)c2cnn3cccnc23)cc1. The average molecular weight is 422 g/mol. The lowest BCUT2D eigenvalue weighted by molar-refractivity contribution is 0.102. The molecule has 4 aromatic rings. The van der Waals surface area contributed by atoms with Crippen LogP contribution < -0.4 is 10.6 Å². The summed E-state index contributed by atoms with van der Waals surface area (Å²) in [6.45, 7) is 0.210. The molecule has 150 valence electrons. The molecule has 2 heterocycles. The molecule has 9 heteroatoms. The Kier molecular flexibility index (Phi) is 5.32. The second kappa shape index (κ2) is 8.22. The fourth-order valence-electron chi connectivity index (χ4n) is 3.03. The molecule has 2 aromatic heterocycles. The van der Waals surface area contributed by atoms with Crippen molar-refractivity contribution in [3.8, 4) is 11.1 Å². The van der Waals surface area contributed by atoms with E-state index in [-0.39, 0.29) is 12.5 Å². The number of carbonyl (C=O) groups excluding carboxylic acids is 1. The predicted molar refractivity (Wildman–Crippen MR) is 113 cm³/mol. The van der Waals surface area contributed by atoms with Gasteiger partial charge in [0.05, 0.1) is 11.9 Å². The number of nitrogens with one attached hydrogen (secondary N) is 2. The molecule has 2 amide bonds. The minimum absolute atomic E-state index is 0.210. The summed E-state index contributed by atoms with van der Waals surface area (Å²) in [6.07, 6.45) is 3.69. The van der Waals surface area contributed by atoms with Crippen LogP contribution in [0.25, 0.3) is 16.8 Å². The highest BCUT2D eigenvalue weighted by Gasteiger charge is 2.16. The van der Waals surface area contributed by atoms with E-state index in [2.05, 4.69) is 20.7 Å². The minimum Gasteiger partial charge on any atom is -0.465 e. The Labute approximate surface area is 176 Å². The Morgan fingerprint density at radius 3 is 2.70 bits per heavy atom. The van der Waals surface area contributed by atoms with Gasteiger partial charge in [0.1, 0.15) is 5.56 Å². The van der Waals surface area contributed by atoms with Gasteiger partial charge in [-0.3, -0.25) is 4.79 Å². The van der Waals surface area contributed by atoms with Gasteiger partial charge in [-0.25, -0.2) is 14.3 Å². The van der Waals surface area contributed by atoms with Crippen molar-refractivity contribution in [1.29, 1.82) is 0 Å². The summed E-state index contributed by atoms with van der Waals surface area (Å²) in [4.78, 5) is 27.7. The molecule has 0 saturated heterocycles. The fourth-order valence-corrected chi connectivity index (χ4v) is 3.20. The third-order valence-corrected chi connectivity index (χ3v) is 4.70. The van der Waals surface area contributed by atoms with Crippen molar-refractivity contribution >= 4 is 34.9 Å². The summed E-state index contributed by atoms with van der Waals surface area (Å²) in [5, 5.41) is 18.6. The molecule has 0 aliphatic rings. The summed E-state index contributed by atoms with van der Waals surface area (Å²) in [5.41, 5.74) is 3.77. The summed E-state index contributed by atoms with van der Waals surface area (Å²) < 4.78 is 1.53. The van der Waals surface area contributed by atoms with E-state index in [1.54, 1.807) is 30.6 Å². The van der Waals surface area contributed by atoms with Gasteiger partial charge in [-0.15, -0.1) is 0 Å². The summed E-state index contributed by atoms with van der Waals surface area (Å²) in [7, 11) is 0. The number of rotatable bonds is 5. The molecule has 0 unspecified atom stereocenters. The zero-order chi connectivity index (χ0) is 21.1. The first-order valence-electron chi connectivity index (χ1n) is 8.96. The second-order valence-corrected chi connectivity index (χ2v) is 6.88. The number of carboxylic acid groups (broad SMARTS) is 1. The predicted octanol–water partition coefficient (Wildman–Crippen LogP) is 4.07. The Bertz CT molecular complexity index is 1240. The molecule has 8 nitrogen and oxygen atoms in total. The molecule has 0 aliphatic carbocycles. The van der Waals surface area contributed by atoms with Gasteiger partial charge in [0, 0.05) is 29.5 Å². The van der Waals surface area contributed by atoms with E-state index in [1.807, 2.05) is 30.3 Å². The Hall–Kier alpha value is -3.91. The number of amides is 2. The molecule has 0 radical (unpaired) electrons. The molecule has 3 N–H and O–H groups in total. The quantitative estimate of drug-likeness (QED) is 0.450. The largest absolute Gasteiger partial charge is 0.465 e. The first-order valence-corrected chi connectivity index (χ1v) is 9.34. The van der Waals surface area contributed by atoms with Crippen LogP contribution in [0.5, 0.6) is 0 Å². The summed E-state index contributed by atoms with van der Waals surface area (Å²) in [5.74, 6) is -0.352. The number of fused-ring (bicyclic) bond motifs is 1. The lowest BCUT2D eigenvalue weighted by Crippen LogP contribution is -2.19. The topological polar surface area (TPSA) is 109 Å². The maximum Gasteiger partial charge on any atom is 0.404 e. The lowest BCUT2D eigenvalue weighted by Gasteiger charge is -2.12. The van der Waals surface area contributed by atoms with Crippen LogP contribution in [-0.2, 0) is 6.54 Å². The van der Waals surface area contributed by atoms with Crippen LogP contribution in [0.4, 0.5) is 10.5 Å². The van der Waals surface area contributed by atoms with Crippen molar-refractivity contribution in [2.75, 3.05) is 5.32 Å². The Morgan fingerprint density at radius 1 is 1.13 bits per heavy atom. The zero-order valence-electron chi connectivity index (χ0n) is 15.5. The average Bonchev–Trinajstić information content (AvgIpc) is 3.17. The van der Waals surface area contributed by atoms with Gasteiger partial charge in [-0.05, 0) is 29.3 Å². The molecular formula is C21H16ClN5O3. The van der Waals surface area contributed by atoms with Gasteiger partial charge in [-0.1, -0.05) is 41.9 Å². The van der Waals surface area contributed by atoms with E-state index >= 15 is 0 Å². The van der Waals surface area contributed by atoms with E-state index in [4.69, 9.17) is 16.7 Å². The van der Waals surface area contributed by atoms with E-state index in [1.165, 1.54) is 10.7 Å². The molecule has 30 heavy (non-hydrogen) atoms. The number of hydrogen-bond donors (Lipinski definition) is 3. The summed E-state index contributed by atoms with van der Waals surface area (Å²) in [6, 6.07) is 14.3. The first kappa shape index (κ1) is 19.4. The molecule has 0 bridgehead atoms. The number of benzene rings is 2. The number of nitrogens with zero attached hydrogens (tertiary/aromatic N) is 3. The highest BCUT2D eigenvalue weighted by Crippen LogP contribution is 2.31. The minimum atomic E-state index is -1.08. The molecule has 0 spiro atoms. The van der Waals surface area contributed by atoms with Crippen molar-refractivity contribution in [3.05, 3.63) is 83.3 Å². The smallest absolute Gasteiger partial charge is 0.404 e. The van der Waals surface area contributed by atoms with Crippen LogP contribution in [0.1, 0.15) is 15.9 Å². The molecule has 2 aromatic carbocycles. The number of anilines is 1. The van der Waals surface area contributed by atoms with Crippen LogP contribution in [0.2, 0.25) is 5.02 Å². The van der Waals surface area contributed by atoms with Gasteiger partial charge in [0.25, 0.3) is 5.91 Å². The molecular weight excluding hydrogens is 406 g/mol. The third kappa shape index (κ3) is 4.08. The van der Waals surface area contributed by atoms with Crippen LogP contribution in [0.3, 0.4) is 0 Å². The molecule has 0 saturated carbocycles. The number of hydrogen-bond acceptors (Lipinski definition) is 4. The van der Waals surface area contributed by atoms with Gasteiger partial charge >= 0.3 is 6.09 Å². The molecule has 4 rings (SSSR count). The molecule has 0 fully saturated rings. The maximum atomic E-state index is 12.9. The van der Waals surface area contributed by atoms with Gasteiger partial charge in [0.2, 0.25) is 0 Å². The third-order valence-electron chi connectivity index (χ3n) is 4.46. The second-order valence-electron chi connectivity index (χ2n) is 6.45. The molecule has 0 aliphatic heterocycles. The van der Waals surface area contributed by atoms with Crippen LogP contribution in [-0.4, -0.2) is 31.7 Å². The normalized spacial score (nSPS) is 10.7. The monoisotopic (exact) mass is 421 g/mol. The van der Waals surface area contributed by atoms with Gasteiger partial charge < -0.3 is 15.7 Å². The highest BCUT2D eigenvalue weighted by atomic mass is 35.5. The van der Waals surface area contributed by atoms with Crippen molar-refractivity contribution in [2.45, 2.75) is 6.54 Å². The lowest BCUT2D eigenvalue weighted by atomic mass is 10.0. The van der Waals surface area contributed by atoms with Crippen molar-refractivity contribution in [1.82, 2.24) is 19.9 Å². The van der Waals surface area contributed by atoms with E-state index in [0.717, 1.165) is 16.7 Å². The van der Waals surface area contributed by atoms with Crippen LogP contribution >= 0.6 is 11.6 Å². The number of aromatic nitrogens is 3. The van der Waals surface area contributed by atoms with E-state index in [9.17, 15) is 9.59 Å². The van der Waals surface area contributed by atoms with Crippen molar-refractivity contribution in [2.24, 2.45) is 0 Å². The fraction of sp³-hybridized carbons (Fsp3) is 0.0476. The van der Waals surface area contributed by atoms with E-state index in [0.29, 0.717) is 21.9 Å². The van der Waals surface area contributed by atoms with Crippen molar-refractivity contribution < 1.29 is 14.7 Å². The number of halogens is 1. The van der Waals surface area contributed by atoms with Crippen LogP contribution in [0.15, 0.2) is 67.1 Å². The maximum absolute atomic E-state index is 12.9. The van der Waals surface area contributed by atoms with Gasteiger partial charge in [-0.2, -0.15) is 5.10 Å². The number of carbonyl (C=O) groups is 2. The molecule has 0 atom stereocenters. The van der Waals surface area contributed by atoms with Gasteiger partial charge in [0.15, 0.2) is 5.65 Å². The highest BCUT2D eigenvalue weighted by molar-refractivity contribution is 6.31. The Balaban J connectivity index is 1.62. The van der Waals surface area contributed by atoms with Crippen molar-refractivity contribution in [3.63, 3.8) is 0 Å². The summed E-state index contributed by atoms with van der Waals surface area (Å²) >= 11 is 6.16. The van der Waals surface area contributed by atoms with E-state index < -0.39 is 6.09 Å². The standard InChI is InChI=1S/C21H16ClN5O3/c22-15-6-7-16(14-4-2-13(3-5-14)11-24-21(29)30)18(10-15)26-20(28)17-12-25-27-9-1-8-23-19(17)27/h1-10,12,24H,11H2,(H,26,28)(H,29,30). The zero-order valence-corrected chi connectivity index (χ0v) is 16.3. The Morgan fingerprint density at radius 2 is 1.93 bits per heavy atom. The first-order chi connectivity index (χ1) is 14.5.